The molecule has 1 heterocycles. The summed E-state index contributed by atoms with van der Waals surface area (Å²) in [6, 6.07) is -6.06. The van der Waals surface area contributed by atoms with Gasteiger partial charge in [0.05, 0.1) is 12.7 Å². The lowest BCUT2D eigenvalue weighted by molar-refractivity contribution is -0.142. The molecule has 0 unspecified atom stereocenters. The number of nitrogens with one attached hydrogen (secondary N) is 9. The SMILES string of the molecule is CCCCCCCC[C@@H](C)C(=O)N1CCC[C@@H]1C(=O)N[C@@H](C[C@H](C)C[C@H](O)CC(=O)CC)C(=O)N[C@@H](C)C(=O)NC(C)(C)C(=O)NC(C)(C)C(=O)N[C@H](C(=O)N[C@@H](C)C(=O)NC(C)(C)C(=O)NC(C)(C)C(=O)N[C@@H](C)CN(C)CCO)[C@@H](C)CC. The minimum Gasteiger partial charge on any atom is -0.395 e. The van der Waals surface area contributed by atoms with Crippen molar-refractivity contribution in [3.63, 3.8) is 0 Å². The highest BCUT2D eigenvalue weighted by Crippen LogP contribution is 2.24. The number of hydrogen-bond donors (Lipinski definition) is 11. The Labute approximate surface area is 506 Å². The van der Waals surface area contributed by atoms with E-state index in [4.69, 9.17) is 0 Å². The maximum atomic E-state index is 14.1. The molecule has 0 aromatic heterocycles. The first kappa shape index (κ1) is 77.3. The summed E-state index contributed by atoms with van der Waals surface area (Å²) in [4.78, 5) is 153. The number of hydrogen-bond acceptors (Lipinski definition) is 14. The molecular weight excluding hydrogens is 1090 g/mol. The zero-order valence-corrected chi connectivity index (χ0v) is 54.8. The van der Waals surface area contributed by atoms with Gasteiger partial charge in [-0.05, 0) is 127 Å². The minimum atomic E-state index is -1.70. The van der Waals surface area contributed by atoms with E-state index in [1.807, 2.05) is 11.8 Å². The van der Waals surface area contributed by atoms with Crippen LogP contribution in [0.5, 0.6) is 0 Å². The molecule has 0 aromatic rings. The number of aliphatic hydroxyl groups is 2. The summed E-state index contributed by atoms with van der Waals surface area (Å²) in [5, 5.41) is 44.1. The molecule has 1 rings (SSSR count). The zero-order valence-electron chi connectivity index (χ0n) is 54.8. The molecule has 0 aliphatic carbocycles. The summed E-state index contributed by atoms with van der Waals surface area (Å²) < 4.78 is 0. The summed E-state index contributed by atoms with van der Waals surface area (Å²) in [6.45, 7) is 28.3. The van der Waals surface area contributed by atoms with Crippen LogP contribution in [0.3, 0.4) is 0 Å². The highest BCUT2D eigenvalue weighted by molar-refractivity contribution is 6.01. The van der Waals surface area contributed by atoms with E-state index in [0.717, 1.165) is 32.1 Å². The number of amides is 10. The van der Waals surface area contributed by atoms with Gasteiger partial charge in [0.15, 0.2) is 0 Å². The minimum absolute atomic E-state index is 0.0192. The number of ketones is 1. The first-order valence-corrected chi connectivity index (χ1v) is 30.9. The third-order valence-electron chi connectivity index (χ3n) is 15.8. The number of unbranched alkanes of at least 4 members (excludes halogenated alkanes) is 5. The second-order valence-electron chi connectivity index (χ2n) is 26.1. The normalized spacial score (nSPS) is 17.1. The summed E-state index contributed by atoms with van der Waals surface area (Å²) in [5.74, 6) is -7.69. The lowest BCUT2D eigenvalue weighted by Gasteiger charge is -2.34. The molecule has 10 amide bonds. The predicted molar refractivity (Wildman–Crippen MR) is 326 cm³/mol. The number of aliphatic hydroxyl groups excluding tert-OH is 2. The van der Waals surface area contributed by atoms with Crippen molar-refractivity contribution in [3.8, 4) is 0 Å². The maximum Gasteiger partial charge on any atom is 0.246 e. The number of rotatable bonds is 39. The molecule has 24 heteroatoms. The van der Waals surface area contributed by atoms with Crippen LogP contribution in [0.2, 0.25) is 0 Å². The summed E-state index contributed by atoms with van der Waals surface area (Å²) in [6.07, 6.45) is 7.95. The first-order chi connectivity index (χ1) is 39.3. The highest BCUT2D eigenvalue weighted by Gasteiger charge is 2.43. The Morgan fingerprint density at radius 3 is 1.60 bits per heavy atom. The molecule has 10 atom stereocenters. The van der Waals surface area contributed by atoms with E-state index in [-0.39, 0.29) is 61.9 Å². The van der Waals surface area contributed by atoms with Gasteiger partial charge in [0.1, 0.15) is 58.1 Å². The largest absolute Gasteiger partial charge is 0.395 e. The quantitative estimate of drug-likeness (QED) is 0.0395. The lowest BCUT2D eigenvalue weighted by atomic mass is 9.92. The van der Waals surface area contributed by atoms with E-state index in [1.54, 1.807) is 46.6 Å². The van der Waals surface area contributed by atoms with Gasteiger partial charge < -0.3 is 67.9 Å². The Hall–Kier alpha value is -5.75. The van der Waals surface area contributed by atoms with Crippen LogP contribution in [0.1, 0.15) is 208 Å². The monoisotopic (exact) mass is 1210 g/mol. The van der Waals surface area contributed by atoms with Crippen LogP contribution in [0.4, 0.5) is 0 Å². The average molecular weight is 1210 g/mol. The number of nitrogens with zero attached hydrogens (tertiary/aromatic N) is 2. The first-order valence-electron chi connectivity index (χ1n) is 30.9. The Bertz CT molecular complexity index is 2260. The fourth-order valence-electron chi connectivity index (χ4n) is 9.78. The van der Waals surface area contributed by atoms with Gasteiger partial charge in [-0.1, -0.05) is 86.5 Å². The van der Waals surface area contributed by atoms with Crippen LogP contribution in [0.25, 0.3) is 0 Å². The molecule has 0 radical (unpaired) electrons. The van der Waals surface area contributed by atoms with Crippen molar-refractivity contribution in [2.45, 2.75) is 272 Å². The molecular formula is C61H111N11O13. The van der Waals surface area contributed by atoms with E-state index in [2.05, 4.69) is 54.8 Å². The third-order valence-corrected chi connectivity index (χ3v) is 15.8. The fraction of sp³-hybridized carbons (Fsp3) is 0.820. The van der Waals surface area contributed by atoms with Crippen molar-refractivity contribution >= 4 is 64.9 Å². The van der Waals surface area contributed by atoms with Crippen molar-refractivity contribution in [2.24, 2.45) is 17.8 Å². The van der Waals surface area contributed by atoms with E-state index < -0.39 is 118 Å². The molecule has 1 fully saturated rings. The van der Waals surface area contributed by atoms with Crippen LogP contribution >= 0.6 is 0 Å². The molecule has 0 bridgehead atoms. The molecule has 1 aliphatic heterocycles. The molecule has 11 N–H and O–H groups in total. The third kappa shape index (κ3) is 26.4. The Balaban J connectivity index is 3.14. The van der Waals surface area contributed by atoms with Gasteiger partial charge in [0, 0.05) is 44.4 Å². The van der Waals surface area contributed by atoms with E-state index in [1.165, 1.54) is 75.7 Å². The smallest absolute Gasteiger partial charge is 0.246 e. The molecule has 85 heavy (non-hydrogen) atoms. The molecule has 0 saturated carbocycles. The van der Waals surface area contributed by atoms with Crippen LogP contribution in [0.15, 0.2) is 0 Å². The topological polar surface area (TPSA) is 343 Å². The molecule has 1 saturated heterocycles. The molecule has 0 spiro atoms. The highest BCUT2D eigenvalue weighted by atomic mass is 16.3. The number of carbonyl (C=O) groups is 11. The predicted octanol–water partition coefficient (Wildman–Crippen LogP) is 2.54. The maximum absolute atomic E-state index is 14.1. The van der Waals surface area contributed by atoms with Crippen LogP contribution in [0, 0.1) is 17.8 Å². The van der Waals surface area contributed by atoms with Gasteiger partial charge in [-0.15, -0.1) is 0 Å². The summed E-state index contributed by atoms with van der Waals surface area (Å²) >= 11 is 0. The van der Waals surface area contributed by atoms with E-state index in [0.29, 0.717) is 45.3 Å². The van der Waals surface area contributed by atoms with Crippen LogP contribution in [-0.2, 0) is 52.7 Å². The van der Waals surface area contributed by atoms with Crippen molar-refractivity contribution in [2.75, 3.05) is 33.3 Å². The van der Waals surface area contributed by atoms with Gasteiger partial charge >= 0.3 is 0 Å². The number of Topliss-reactive ketones (excluding diaryl/α,β-unsaturated/α-hetero) is 1. The Morgan fingerprint density at radius 2 is 1.09 bits per heavy atom. The second kappa shape index (κ2) is 35.8. The van der Waals surface area contributed by atoms with Gasteiger partial charge in [-0.25, -0.2) is 0 Å². The standard InChI is InChI=1S/C61H111N11O13/c1-19-22-23-24-25-26-28-39(6)53(81)72-30-27-29-46(72)51(79)65-45(34-37(4)33-44(75)35-43(74)21-3)50(78)63-41(8)48(76)67-61(16,17)57(85)70-59(12,13)55(83)66-47(38(5)20-2)52(80)64-42(9)49(77)68-60(14,15)56(84)69-58(10,11)54(82)62-40(7)36-71(18)31-32-73/h37-42,44-47,73,75H,19-36H2,1-18H3,(H,62,82)(H,63,78)(H,64,80)(H,65,79)(H,66,83)(H,67,76)(H,68,77)(H,69,84)(H,70,85)/t37-,38+,39-,40+,41+,42+,44+,45+,46-,47+/m1/s1. The van der Waals surface area contributed by atoms with Gasteiger partial charge in [-0.3, -0.25) is 52.7 Å². The molecule has 488 valence electrons. The van der Waals surface area contributed by atoms with E-state index >= 15 is 0 Å². The zero-order chi connectivity index (χ0) is 65.4. The van der Waals surface area contributed by atoms with Crippen molar-refractivity contribution in [3.05, 3.63) is 0 Å². The van der Waals surface area contributed by atoms with Gasteiger partial charge in [0.2, 0.25) is 59.1 Å². The average Bonchev–Trinajstić information content (AvgIpc) is 4.18. The number of likely N-dealkylation sites (tertiary alicyclic amines) is 1. The Kier molecular flexibility index (Phi) is 32.5. The van der Waals surface area contributed by atoms with Crippen molar-refractivity contribution in [1.29, 1.82) is 0 Å². The van der Waals surface area contributed by atoms with Crippen LogP contribution < -0.4 is 47.9 Å². The number of carbonyl (C=O) groups excluding carboxylic acids is 11. The van der Waals surface area contributed by atoms with Crippen LogP contribution in [-0.4, -0.2) is 183 Å². The molecule has 1 aliphatic rings. The van der Waals surface area contributed by atoms with Gasteiger partial charge in [-0.2, -0.15) is 0 Å². The molecule has 24 nitrogen and oxygen atoms in total. The number of likely N-dealkylation sites (N-methyl/N-ethyl adjacent to an activating group) is 1. The van der Waals surface area contributed by atoms with E-state index in [9.17, 15) is 63.0 Å². The second-order valence-corrected chi connectivity index (χ2v) is 26.1. The summed E-state index contributed by atoms with van der Waals surface area (Å²) in [7, 11) is 1.80. The Morgan fingerprint density at radius 1 is 0.600 bits per heavy atom. The van der Waals surface area contributed by atoms with Crippen molar-refractivity contribution < 1.29 is 63.0 Å². The van der Waals surface area contributed by atoms with Gasteiger partial charge in [0.25, 0.3) is 0 Å². The fourth-order valence-corrected chi connectivity index (χ4v) is 9.78. The summed E-state index contributed by atoms with van der Waals surface area (Å²) in [5.41, 5.74) is -6.36. The molecule has 0 aromatic carbocycles. The lowest BCUT2D eigenvalue weighted by Crippen LogP contribution is -2.66. The van der Waals surface area contributed by atoms with Crippen molar-refractivity contribution in [1.82, 2.24) is 57.7 Å².